The van der Waals surface area contributed by atoms with Crippen molar-refractivity contribution in [2.45, 2.75) is 0 Å². The Labute approximate surface area is 92.2 Å². The topological polar surface area (TPSA) is 26.0 Å². The summed E-state index contributed by atoms with van der Waals surface area (Å²) in [6.45, 7) is 0. The van der Waals surface area contributed by atoms with Crippen LogP contribution in [0, 0.1) is 0 Å². The lowest BCUT2D eigenvalue weighted by Crippen LogP contribution is -1.77. The van der Waals surface area contributed by atoms with Gasteiger partial charge in [0, 0.05) is 16.1 Å². The number of halogens is 2. The maximum Gasteiger partial charge on any atom is 0.202 e. The van der Waals surface area contributed by atoms with Crippen LogP contribution in [-0.2, 0) is 0 Å². The van der Waals surface area contributed by atoms with Gasteiger partial charge in [-0.15, -0.1) is 0 Å². The maximum absolute atomic E-state index is 4.92. The number of hydrogen-bond acceptors (Lipinski definition) is 2. The summed E-state index contributed by atoms with van der Waals surface area (Å²) >= 11 is 6.65. The van der Waals surface area contributed by atoms with E-state index in [0.29, 0.717) is 4.67 Å². The number of benzene rings is 1. The molecular formula is C9H5Br2NO. The molecule has 4 heteroatoms. The Hall–Kier alpha value is -0.610. The molecule has 1 heterocycles. The van der Waals surface area contributed by atoms with Crippen LogP contribution < -0.4 is 0 Å². The van der Waals surface area contributed by atoms with Crippen molar-refractivity contribution in [3.05, 3.63) is 39.5 Å². The smallest absolute Gasteiger partial charge is 0.202 e. The second-order valence-corrected chi connectivity index (χ2v) is 4.13. The molecule has 13 heavy (non-hydrogen) atoms. The van der Waals surface area contributed by atoms with Crippen LogP contribution in [0.25, 0.3) is 11.3 Å². The molecule has 0 N–H and O–H groups in total. The first-order chi connectivity index (χ1) is 6.27. The Morgan fingerprint density at radius 1 is 1.15 bits per heavy atom. The van der Waals surface area contributed by atoms with E-state index in [1.165, 1.54) is 0 Å². The molecule has 0 saturated carbocycles. The molecule has 0 amide bonds. The Bertz CT molecular complexity index is 425. The fourth-order valence-electron chi connectivity index (χ4n) is 1.05. The molecule has 0 saturated heterocycles. The fraction of sp³-hybridized carbons (Fsp3) is 0. The van der Waals surface area contributed by atoms with E-state index in [4.69, 9.17) is 4.52 Å². The molecule has 2 aromatic rings. The van der Waals surface area contributed by atoms with Gasteiger partial charge in [-0.05, 0) is 22.0 Å². The summed E-state index contributed by atoms with van der Waals surface area (Å²) < 4.78 is 6.57. The molecule has 1 aromatic carbocycles. The average Bonchev–Trinajstić information content (AvgIpc) is 2.53. The van der Waals surface area contributed by atoms with Crippen molar-refractivity contribution in [3.8, 4) is 11.3 Å². The summed E-state index contributed by atoms with van der Waals surface area (Å²) in [6, 6.07) is 9.71. The minimum absolute atomic E-state index is 0.637. The van der Waals surface area contributed by atoms with Crippen molar-refractivity contribution < 1.29 is 4.52 Å². The molecule has 2 nitrogen and oxygen atoms in total. The third-order valence-corrected chi connectivity index (χ3v) is 2.70. The summed E-state index contributed by atoms with van der Waals surface area (Å²) in [6.07, 6.45) is 0. The predicted octanol–water partition coefficient (Wildman–Crippen LogP) is 3.87. The van der Waals surface area contributed by atoms with Crippen LogP contribution in [0.4, 0.5) is 0 Å². The third-order valence-electron chi connectivity index (χ3n) is 1.63. The van der Waals surface area contributed by atoms with E-state index in [-0.39, 0.29) is 0 Å². The predicted molar refractivity (Wildman–Crippen MR) is 57.3 cm³/mol. The van der Waals surface area contributed by atoms with Crippen molar-refractivity contribution in [3.63, 3.8) is 0 Å². The molecule has 66 valence electrons. The van der Waals surface area contributed by atoms with Gasteiger partial charge in [-0.1, -0.05) is 39.3 Å². The zero-order valence-corrected chi connectivity index (χ0v) is 9.67. The van der Waals surface area contributed by atoms with E-state index in [9.17, 15) is 0 Å². The molecule has 0 bridgehead atoms. The normalized spacial score (nSPS) is 10.3. The molecule has 0 radical (unpaired) electrons. The summed E-state index contributed by atoms with van der Waals surface area (Å²) in [5, 5.41) is 3.89. The molecular weight excluding hydrogens is 298 g/mol. The first kappa shape index (κ1) is 8.97. The largest absolute Gasteiger partial charge is 0.349 e. The Balaban J connectivity index is 2.52. The summed E-state index contributed by atoms with van der Waals surface area (Å²) in [5.41, 5.74) is 1.84. The van der Waals surface area contributed by atoms with E-state index in [1.807, 2.05) is 30.3 Å². The molecule has 0 fully saturated rings. The first-order valence-electron chi connectivity index (χ1n) is 3.64. The van der Waals surface area contributed by atoms with Crippen LogP contribution in [0.2, 0.25) is 0 Å². The van der Waals surface area contributed by atoms with Gasteiger partial charge in [0.25, 0.3) is 0 Å². The van der Waals surface area contributed by atoms with Crippen molar-refractivity contribution in [2.75, 3.05) is 0 Å². The monoisotopic (exact) mass is 301 g/mol. The van der Waals surface area contributed by atoms with E-state index >= 15 is 0 Å². The molecule has 0 unspecified atom stereocenters. The van der Waals surface area contributed by atoms with Crippen LogP contribution in [0.5, 0.6) is 0 Å². The van der Waals surface area contributed by atoms with Crippen molar-refractivity contribution in [2.24, 2.45) is 0 Å². The lowest BCUT2D eigenvalue weighted by atomic mass is 10.2. The highest BCUT2D eigenvalue weighted by molar-refractivity contribution is 9.10. The molecule has 0 aliphatic heterocycles. The minimum Gasteiger partial charge on any atom is -0.349 e. The molecule has 0 aliphatic rings. The van der Waals surface area contributed by atoms with Gasteiger partial charge >= 0.3 is 0 Å². The van der Waals surface area contributed by atoms with Gasteiger partial charge in [0.05, 0.1) is 0 Å². The minimum atomic E-state index is 0.637. The standard InChI is InChI=1S/C9H5Br2NO/c10-7-4-2-1-3-6(7)8-5-9(11)13-12-8/h1-5H. The van der Waals surface area contributed by atoms with Gasteiger partial charge in [-0.3, -0.25) is 0 Å². The lowest BCUT2D eigenvalue weighted by Gasteiger charge is -1.97. The summed E-state index contributed by atoms with van der Waals surface area (Å²) in [4.78, 5) is 0. The average molecular weight is 303 g/mol. The van der Waals surface area contributed by atoms with Gasteiger partial charge in [-0.2, -0.15) is 0 Å². The molecule has 2 rings (SSSR count). The van der Waals surface area contributed by atoms with Crippen molar-refractivity contribution >= 4 is 31.9 Å². The van der Waals surface area contributed by atoms with E-state index < -0.39 is 0 Å². The third kappa shape index (κ3) is 1.84. The summed E-state index contributed by atoms with van der Waals surface area (Å²) in [7, 11) is 0. The number of rotatable bonds is 1. The first-order valence-corrected chi connectivity index (χ1v) is 5.23. The molecule has 0 spiro atoms. The zero-order chi connectivity index (χ0) is 9.26. The second-order valence-electron chi connectivity index (χ2n) is 2.50. The lowest BCUT2D eigenvalue weighted by molar-refractivity contribution is 0.402. The van der Waals surface area contributed by atoms with Crippen LogP contribution in [0.1, 0.15) is 0 Å². The number of aromatic nitrogens is 1. The fourth-order valence-corrected chi connectivity index (χ4v) is 1.83. The second kappa shape index (κ2) is 3.64. The quantitative estimate of drug-likeness (QED) is 0.799. The summed E-state index contributed by atoms with van der Waals surface area (Å²) in [5.74, 6) is 0. The van der Waals surface area contributed by atoms with E-state index in [1.54, 1.807) is 0 Å². The van der Waals surface area contributed by atoms with Crippen LogP contribution in [0.3, 0.4) is 0 Å². The number of hydrogen-bond donors (Lipinski definition) is 0. The van der Waals surface area contributed by atoms with Crippen LogP contribution in [0.15, 0.2) is 44.0 Å². The van der Waals surface area contributed by atoms with E-state index in [0.717, 1.165) is 15.7 Å². The SMILES string of the molecule is Brc1cc(-c2ccccc2Br)no1. The molecule has 0 aliphatic carbocycles. The Morgan fingerprint density at radius 2 is 1.92 bits per heavy atom. The van der Waals surface area contributed by atoms with Gasteiger partial charge in [0.1, 0.15) is 5.69 Å². The number of nitrogens with zero attached hydrogens (tertiary/aromatic N) is 1. The molecule has 1 aromatic heterocycles. The maximum atomic E-state index is 4.92. The van der Waals surface area contributed by atoms with E-state index in [2.05, 4.69) is 37.0 Å². The van der Waals surface area contributed by atoms with Gasteiger partial charge in [0.2, 0.25) is 4.67 Å². The van der Waals surface area contributed by atoms with Gasteiger partial charge in [-0.25, -0.2) is 0 Å². The highest BCUT2D eigenvalue weighted by atomic mass is 79.9. The highest BCUT2D eigenvalue weighted by Gasteiger charge is 2.06. The molecule has 0 atom stereocenters. The van der Waals surface area contributed by atoms with Gasteiger partial charge < -0.3 is 4.52 Å². The Kier molecular flexibility index (Phi) is 2.51. The van der Waals surface area contributed by atoms with Crippen molar-refractivity contribution in [1.29, 1.82) is 0 Å². The van der Waals surface area contributed by atoms with Gasteiger partial charge in [0.15, 0.2) is 0 Å². The van der Waals surface area contributed by atoms with Crippen molar-refractivity contribution in [1.82, 2.24) is 5.16 Å². The van der Waals surface area contributed by atoms with Crippen LogP contribution in [-0.4, -0.2) is 5.16 Å². The highest BCUT2D eigenvalue weighted by Crippen LogP contribution is 2.28. The zero-order valence-electron chi connectivity index (χ0n) is 6.50. The van der Waals surface area contributed by atoms with Crippen LogP contribution >= 0.6 is 31.9 Å². The Morgan fingerprint density at radius 3 is 2.54 bits per heavy atom.